The number of nitrogens with zero attached hydrogens (tertiary/aromatic N) is 2. The minimum Gasteiger partial charge on any atom is -0.319 e. The van der Waals surface area contributed by atoms with Crippen molar-refractivity contribution < 1.29 is 4.79 Å². The van der Waals surface area contributed by atoms with Crippen LogP contribution in [0.15, 0.2) is 59.8 Å². The summed E-state index contributed by atoms with van der Waals surface area (Å²) >= 11 is 0. The van der Waals surface area contributed by atoms with Gasteiger partial charge in [0.2, 0.25) is 5.43 Å². The van der Waals surface area contributed by atoms with Gasteiger partial charge in [-0.3, -0.25) is 9.69 Å². The molecule has 5 heteroatoms. The third kappa shape index (κ3) is 1.80. The molecule has 0 fully saturated rings. The summed E-state index contributed by atoms with van der Waals surface area (Å²) < 4.78 is 1.88. The van der Waals surface area contributed by atoms with E-state index in [1.807, 2.05) is 35.7 Å². The highest BCUT2D eigenvalue weighted by atomic mass is 16.2. The number of allylic oxidation sites excluding steroid dienone is 1. The lowest BCUT2D eigenvalue weighted by atomic mass is 10.2. The van der Waals surface area contributed by atoms with Crippen LogP contribution in [0.4, 0.5) is 10.5 Å². The second-order valence-corrected chi connectivity index (χ2v) is 4.58. The van der Waals surface area contributed by atoms with E-state index < -0.39 is 0 Å². The Labute approximate surface area is 115 Å². The van der Waals surface area contributed by atoms with E-state index in [9.17, 15) is 9.59 Å². The summed E-state index contributed by atoms with van der Waals surface area (Å²) in [6.45, 7) is 5.47. The number of nitrogens with one attached hydrogen (secondary N) is 1. The Morgan fingerprint density at radius 3 is 2.80 bits per heavy atom. The molecular weight excluding hydrogens is 254 g/mol. The van der Waals surface area contributed by atoms with Gasteiger partial charge < -0.3 is 9.72 Å². The lowest BCUT2D eigenvalue weighted by Crippen LogP contribution is -2.41. The van der Waals surface area contributed by atoms with Gasteiger partial charge in [-0.25, -0.2) is 4.79 Å². The second-order valence-electron chi connectivity index (χ2n) is 4.58. The predicted octanol–water partition coefficient (Wildman–Crippen LogP) is 2.16. The number of fused-ring (bicyclic) bond motifs is 1. The number of pyridine rings is 2. The first kappa shape index (κ1) is 12.2. The Morgan fingerprint density at radius 2 is 2.05 bits per heavy atom. The van der Waals surface area contributed by atoms with Gasteiger partial charge in [0, 0.05) is 35.4 Å². The van der Waals surface area contributed by atoms with Crippen molar-refractivity contribution in [3.63, 3.8) is 0 Å². The van der Waals surface area contributed by atoms with E-state index in [4.69, 9.17) is 0 Å². The van der Waals surface area contributed by atoms with Crippen molar-refractivity contribution in [3.8, 4) is 0 Å². The molecule has 100 valence electrons. The van der Waals surface area contributed by atoms with E-state index in [-0.39, 0.29) is 11.5 Å². The Bertz CT molecular complexity index is 817. The smallest absolute Gasteiger partial charge is 0.319 e. The lowest BCUT2D eigenvalue weighted by molar-refractivity contribution is 0.250. The highest BCUT2D eigenvalue weighted by molar-refractivity contribution is 5.97. The monoisotopic (exact) mass is 267 g/mol. The van der Waals surface area contributed by atoms with Crippen LogP contribution in [0.25, 0.3) is 5.52 Å². The number of aromatic nitrogens is 1. The molecule has 2 amide bonds. The number of amides is 2. The number of hydrogen-bond donors (Lipinski definition) is 1. The van der Waals surface area contributed by atoms with Crippen LogP contribution in [0.2, 0.25) is 0 Å². The van der Waals surface area contributed by atoms with Gasteiger partial charge in [0.15, 0.2) is 0 Å². The molecule has 0 aliphatic carbocycles. The Hall–Kier alpha value is -2.82. The molecule has 3 heterocycles. The molecule has 0 atom stereocenters. The van der Waals surface area contributed by atoms with Crippen LogP contribution in [0.5, 0.6) is 0 Å². The molecule has 0 bridgehead atoms. The molecule has 0 aromatic carbocycles. The maximum absolute atomic E-state index is 12.3. The van der Waals surface area contributed by atoms with E-state index in [1.54, 1.807) is 12.3 Å². The topological polar surface area (TPSA) is 53.8 Å². The van der Waals surface area contributed by atoms with E-state index in [0.29, 0.717) is 17.1 Å². The zero-order valence-electron chi connectivity index (χ0n) is 11.0. The summed E-state index contributed by atoms with van der Waals surface area (Å²) in [6, 6.07) is 6.74. The minimum atomic E-state index is -0.381. The van der Waals surface area contributed by atoms with Crippen molar-refractivity contribution in [2.24, 2.45) is 0 Å². The number of urea groups is 1. The maximum Gasteiger partial charge on any atom is 0.330 e. The summed E-state index contributed by atoms with van der Waals surface area (Å²) in [4.78, 5) is 25.6. The van der Waals surface area contributed by atoms with E-state index >= 15 is 0 Å². The van der Waals surface area contributed by atoms with E-state index in [0.717, 1.165) is 5.52 Å². The zero-order chi connectivity index (χ0) is 14.3. The van der Waals surface area contributed by atoms with Crippen LogP contribution in [0, 0.1) is 6.92 Å². The van der Waals surface area contributed by atoms with Crippen LogP contribution in [0.3, 0.4) is 0 Å². The average molecular weight is 267 g/mol. The molecule has 3 rings (SSSR count). The molecule has 0 unspecified atom stereocenters. The molecule has 5 nitrogen and oxygen atoms in total. The molecule has 1 aliphatic heterocycles. The standard InChI is InChI=1S/C15H13N3O2/c1-10-6-8-18(15(20)16-10)14-11(2)17-7-4-3-5-12(17)9-13(14)19/h3-9H,1H2,2H3,(H,16,20). The fraction of sp³-hybridized carbons (Fsp3) is 0.0667. The Balaban J connectivity index is 2.27. The molecule has 2 aromatic heterocycles. The van der Waals surface area contributed by atoms with Crippen LogP contribution < -0.4 is 15.6 Å². The van der Waals surface area contributed by atoms with Gasteiger partial charge in [0.25, 0.3) is 0 Å². The van der Waals surface area contributed by atoms with Crippen molar-refractivity contribution in [2.45, 2.75) is 6.92 Å². The largest absolute Gasteiger partial charge is 0.330 e. The fourth-order valence-electron chi connectivity index (χ4n) is 2.32. The third-order valence-corrected chi connectivity index (χ3v) is 3.26. The van der Waals surface area contributed by atoms with Crippen molar-refractivity contribution >= 4 is 17.2 Å². The van der Waals surface area contributed by atoms with Crippen LogP contribution in [-0.4, -0.2) is 10.4 Å². The van der Waals surface area contributed by atoms with Gasteiger partial charge in [0.1, 0.15) is 5.69 Å². The van der Waals surface area contributed by atoms with Crippen molar-refractivity contribution in [3.05, 3.63) is 70.9 Å². The van der Waals surface area contributed by atoms with Crippen LogP contribution in [-0.2, 0) is 0 Å². The number of rotatable bonds is 1. The molecule has 0 spiro atoms. The molecule has 20 heavy (non-hydrogen) atoms. The molecule has 0 radical (unpaired) electrons. The molecule has 1 aliphatic rings. The summed E-state index contributed by atoms with van der Waals surface area (Å²) in [5, 5.41) is 2.59. The minimum absolute atomic E-state index is 0.194. The first-order chi connectivity index (χ1) is 9.58. The van der Waals surface area contributed by atoms with Crippen molar-refractivity contribution in [2.75, 3.05) is 4.90 Å². The number of hydrogen-bond acceptors (Lipinski definition) is 2. The summed E-state index contributed by atoms with van der Waals surface area (Å²) in [5.41, 5.74) is 2.16. The normalized spacial score (nSPS) is 14.8. The Kier molecular flexibility index (Phi) is 2.68. The van der Waals surface area contributed by atoms with Gasteiger partial charge in [0.05, 0.1) is 0 Å². The van der Waals surface area contributed by atoms with Crippen LogP contribution in [0.1, 0.15) is 5.69 Å². The Morgan fingerprint density at radius 1 is 1.25 bits per heavy atom. The first-order valence-corrected chi connectivity index (χ1v) is 6.16. The van der Waals surface area contributed by atoms with Gasteiger partial charge >= 0.3 is 6.03 Å². The van der Waals surface area contributed by atoms with Gasteiger partial charge in [-0.05, 0) is 25.1 Å². The molecule has 2 aromatic rings. The molecular formula is C15H13N3O2. The van der Waals surface area contributed by atoms with Crippen LogP contribution >= 0.6 is 0 Å². The average Bonchev–Trinajstić information content (AvgIpc) is 2.41. The van der Waals surface area contributed by atoms with E-state index in [2.05, 4.69) is 11.9 Å². The lowest BCUT2D eigenvalue weighted by Gasteiger charge is -2.24. The third-order valence-electron chi connectivity index (χ3n) is 3.26. The predicted molar refractivity (Wildman–Crippen MR) is 77.7 cm³/mol. The van der Waals surface area contributed by atoms with Gasteiger partial charge in [-0.1, -0.05) is 12.6 Å². The van der Waals surface area contributed by atoms with Gasteiger partial charge in [-0.2, -0.15) is 0 Å². The number of aryl methyl sites for hydroxylation is 1. The molecule has 0 saturated heterocycles. The van der Waals surface area contributed by atoms with Crippen molar-refractivity contribution in [1.82, 2.24) is 9.72 Å². The molecule has 0 saturated carbocycles. The van der Waals surface area contributed by atoms with E-state index in [1.165, 1.54) is 11.0 Å². The summed E-state index contributed by atoms with van der Waals surface area (Å²) in [6.07, 6.45) is 5.07. The summed E-state index contributed by atoms with van der Waals surface area (Å²) in [5.74, 6) is 0. The number of anilines is 1. The van der Waals surface area contributed by atoms with Gasteiger partial charge in [-0.15, -0.1) is 0 Å². The number of carbonyl (C=O) groups is 1. The quantitative estimate of drug-likeness (QED) is 0.860. The SMILES string of the molecule is C=C1C=CN(c2c(C)n3ccccc3cc2=O)C(=O)N1. The highest BCUT2D eigenvalue weighted by Gasteiger charge is 2.22. The van der Waals surface area contributed by atoms with Crippen molar-refractivity contribution in [1.29, 1.82) is 0 Å². The summed E-state index contributed by atoms with van der Waals surface area (Å²) in [7, 11) is 0. The molecule has 1 N–H and O–H groups in total. The zero-order valence-corrected chi connectivity index (χ0v) is 11.0. The first-order valence-electron chi connectivity index (χ1n) is 6.16. The highest BCUT2D eigenvalue weighted by Crippen LogP contribution is 2.19. The fourth-order valence-corrected chi connectivity index (χ4v) is 2.32. The second kappa shape index (κ2) is 4.38. The number of carbonyl (C=O) groups excluding carboxylic acids is 1. The maximum atomic E-state index is 12.3.